The van der Waals surface area contributed by atoms with Crippen LogP contribution in [0.3, 0.4) is 0 Å². The van der Waals surface area contributed by atoms with Gasteiger partial charge < -0.3 is 4.74 Å². The van der Waals surface area contributed by atoms with Crippen LogP contribution in [0.25, 0.3) is 0 Å². The second-order valence-corrected chi connectivity index (χ2v) is 2.70. The Kier molecular flexibility index (Phi) is 1.71. The average Bonchev–Trinajstić information content (AvgIpc) is 2.10. The van der Waals surface area contributed by atoms with Crippen molar-refractivity contribution in [3.05, 3.63) is 0 Å². The zero-order valence-corrected chi connectivity index (χ0v) is 5.55. The van der Waals surface area contributed by atoms with E-state index in [0.717, 1.165) is 0 Å². The number of rotatable bonds is 1. The van der Waals surface area contributed by atoms with Gasteiger partial charge in [0.25, 0.3) is 0 Å². The molecule has 0 radical (unpaired) electrons. The van der Waals surface area contributed by atoms with Crippen LogP contribution in [0.4, 0.5) is 0 Å². The normalized spacial score (nSPS) is 32.8. The average molecular weight is 154 g/mol. The fourth-order valence-corrected chi connectivity index (χ4v) is 1.16. The van der Waals surface area contributed by atoms with Crippen molar-refractivity contribution in [2.75, 3.05) is 13.7 Å². The molecule has 0 spiro atoms. The zero-order valence-electron chi connectivity index (χ0n) is 4.73. The quantitative estimate of drug-likeness (QED) is 0.497. The van der Waals surface area contributed by atoms with Crippen molar-refractivity contribution in [1.29, 1.82) is 0 Å². The fraction of sp³-hybridized carbons (Fsp3) is 1.00. The summed E-state index contributed by atoms with van der Waals surface area (Å²) in [7, 11) is -2.39. The van der Waals surface area contributed by atoms with Crippen molar-refractivity contribution in [1.82, 2.24) is 0 Å². The molecule has 0 N–H and O–H groups in total. The lowest BCUT2D eigenvalue weighted by atomic mass is 10.7. The van der Waals surface area contributed by atoms with Gasteiger partial charge in [-0.05, 0) is 0 Å². The summed E-state index contributed by atoms with van der Waals surface area (Å²) in [4.78, 5) is 0. The molecule has 0 aliphatic carbocycles. The first-order valence-corrected chi connectivity index (χ1v) is 3.58. The van der Waals surface area contributed by atoms with E-state index in [2.05, 4.69) is 13.1 Å². The molecule has 0 aromatic rings. The predicted octanol–water partition coefficient (Wildman–Crippen LogP) is -0.749. The highest BCUT2D eigenvalue weighted by Gasteiger charge is 2.29. The minimum Gasteiger partial charge on any atom is -0.352 e. The molecule has 0 aromatic heterocycles. The largest absolute Gasteiger partial charge is 0.402 e. The highest BCUT2D eigenvalue weighted by atomic mass is 32.3. The molecule has 1 rings (SSSR count). The van der Waals surface area contributed by atoms with Gasteiger partial charge in [-0.25, -0.2) is 8.37 Å². The lowest BCUT2D eigenvalue weighted by molar-refractivity contribution is -0.0371. The second-order valence-electron chi connectivity index (χ2n) is 1.45. The summed E-state index contributed by atoms with van der Waals surface area (Å²) in [5.41, 5.74) is 0. The van der Waals surface area contributed by atoms with E-state index in [1.54, 1.807) is 0 Å². The van der Waals surface area contributed by atoms with Crippen LogP contribution in [0.1, 0.15) is 0 Å². The highest BCUT2D eigenvalue weighted by Crippen LogP contribution is 2.11. The molecule has 1 aliphatic rings. The van der Waals surface area contributed by atoms with E-state index in [1.165, 1.54) is 7.11 Å². The Labute approximate surface area is 52.8 Å². The third kappa shape index (κ3) is 1.62. The minimum absolute atomic E-state index is 0.0567. The first-order chi connectivity index (χ1) is 4.14. The Morgan fingerprint density at radius 3 is 2.56 bits per heavy atom. The molecule has 1 fully saturated rings. The molecule has 1 atom stereocenters. The Morgan fingerprint density at radius 2 is 2.33 bits per heavy atom. The molecule has 1 unspecified atom stereocenters. The molecule has 5 nitrogen and oxygen atoms in total. The Morgan fingerprint density at radius 1 is 1.67 bits per heavy atom. The lowest BCUT2D eigenvalue weighted by Gasteiger charge is -1.98. The molecule has 0 aromatic carbocycles. The van der Waals surface area contributed by atoms with E-state index in [4.69, 9.17) is 0 Å². The van der Waals surface area contributed by atoms with Gasteiger partial charge in [0.2, 0.25) is 6.29 Å². The van der Waals surface area contributed by atoms with E-state index in [9.17, 15) is 8.42 Å². The smallest absolute Gasteiger partial charge is 0.352 e. The van der Waals surface area contributed by atoms with E-state index >= 15 is 0 Å². The summed E-state index contributed by atoms with van der Waals surface area (Å²) in [6.07, 6.45) is -0.769. The topological polar surface area (TPSA) is 61.8 Å². The van der Waals surface area contributed by atoms with Crippen molar-refractivity contribution in [3.8, 4) is 0 Å². The molecular formula is C3H6O5S. The molecule has 6 heteroatoms. The Balaban J connectivity index is 2.58. The number of ether oxygens (including phenoxy) is 1. The Hall–Kier alpha value is -0.170. The lowest BCUT2D eigenvalue weighted by Crippen LogP contribution is -2.11. The van der Waals surface area contributed by atoms with Gasteiger partial charge >= 0.3 is 10.4 Å². The van der Waals surface area contributed by atoms with Gasteiger partial charge in [-0.2, -0.15) is 8.42 Å². The van der Waals surface area contributed by atoms with Gasteiger partial charge in [-0.3, -0.25) is 0 Å². The maximum Gasteiger partial charge on any atom is 0.402 e. The van der Waals surface area contributed by atoms with E-state index in [0.29, 0.717) is 0 Å². The van der Waals surface area contributed by atoms with Crippen LogP contribution < -0.4 is 0 Å². The van der Waals surface area contributed by atoms with Crippen molar-refractivity contribution in [2.45, 2.75) is 6.29 Å². The van der Waals surface area contributed by atoms with Crippen molar-refractivity contribution < 1.29 is 21.5 Å². The van der Waals surface area contributed by atoms with Crippen LogP contribution in [0, 0.1) is 0 Å². The maximum absolute atomic E-state index is 10.3. The van der Waals surface area contributed by atoms with Crippen molar-refractivity contribution in [3.63, 3.8) is 0 Å². The van der Waals surface area contributed by atoms with Crippen LogP contribution in [-0.2, 0) is 23.5 Å². The van der Waals surface area contributed by atoms with Gasteiger partial charge in [0, 0.05) is 7.11 Å². The van der Waals surface area contributed by atoms with Gasteiger partial charge in [-0.1, -0.05) is 0 Å². The third-order valence-electron chi connectivity index (χ3n) is 0.837. The SMILES string of the molecule is COC1COS(=O)(=O)O1. The van der Waals surface area contributed by atoms with Crippen LogP contribution in [0.2, 0.25) is 0 Å². The second kappa shape index (κ2) is 2.22. The van der Waals surface area contributed by atoms with Crippen molar-refractivity contribution in [2.24, 2.45) is 0 Å². The summed E-state index contributed by atoms with van der Waals surface area (Å²) in [6, 6.07) is 0. The molecule has 0 bridgehead atoms. The summed E-state index contributed by atoms with van der Waals surface area (Å²) in [6.45, 7) is -0.0567. The van der Waals surface area contributed by atoms with Gasteiger partial charge in [0.1, 0.15) is 6.61 Å². The van der Waals surface area contributed by atoms with Crippen LogP contribution in [-0.4, -0.2) is 28.4 Å². The highest BCUT2D eigenvalue weighted by molar-refractivity contribution is 7.82. The summed E-state index contributed by atoms with van der Waals surface area (Å²) >= 11 is 0. The molecular weight excluding hydrogens is 148 g/mol. The minimum atomic E-state index is -3.73. The van der Waals surface area contributed by atoms with Gasteiger partial charge in [0.05, 0.1) is 0 Å². The molecule has 0 saturated carbocycles. The molecule has 9 heavy (non-hydrogen) atoms. The standard InChI is InChI=1S/C3H6O5S/c1-6-3-2-7-9(4,5)8-3/h3H,2H2,1H3. The fourth-order valence-electron chi connectivity index (χ4n) is 0.433. The molecule has 0 amide bonds. The van der Waals surface area contributed by atoms with Crippen LogP contribution >= 0.6 is 0 Å². The third-order valence-corrected chi connectivity index (χ3v) is 1.71. The zero-order chi connectivity index (χ0) is 6.91. The first kappa shape index (κ1) is 6.94. The van der Waals surface area contributed by atoms with E-state index < -0.39 is 16.7 Å². The number of hydrogen-bond donors (Lipinski definition) is 0. The summed E-state index contributed by atoms with van der Waals surface area (Å²) in [5.74, 6) is 0. The maximum atomic E-state index is 10.3. The number of hydrogen-bond acceptors (Lipinski definition) is 5. The summed E-state index contributed by atoms with van der Waals surface area (Å²) < 4.78 is 33.5. The van der Waals surface area contributed by atoms with Gasteiger partial charge in [0.15, 0.2) is 0 Å². The van der Waals surface area contributed by atoms with Crippen LogP contribution in [0.15, 0.2) is 0 Å². The predicted molar refractivity (Wildman–Crippen MR) is 26.8 cm³/mol. The van der Waals surface area contributed by atoms with E-state index in [-0.39, 0.29) is 6.61 Å². The van der Waals surface area contributed by atoms with E-state index in [1.807, 2.05) is 0 Å². The Bertz CT molecular complexity index is 182. The van der Waals surface area contributed by atoms with Gasteiger partial charge in [-0.15, -0.1) is 0 Å². The van der Waals surface area contributed by atoms with Crippen LogP contribution in [0.5, 0.6) is 0 Å². The molecule has 54 valence electrons. The molecule has 1 saturated heterocycles. The molecule has 1 heterocycles. The number of methoxy groups -OCH3 is 1. The monoisotopic (exact) mass is 154 g/mol. The van der Waals surface area contributed by atoms with Crippen molar-refractivity contribution >= 4 is 10.4 Å². The summed E-state index contributed by atoms with van der Waals surface area (Å²) in [5, 5.41) is 0. The first-order valence-electron chi connectivity index (χ1n) is 2.24. The molecule has 1 aliphatic heterocycles.